The highest BCUT2D eigenvalue weighted by atomic mass is 35.5. The average Bonchev–Trinajstić information content (AvgIpc) is 2.83. The zero-order valence-corrected chi connectivity index (χ0v) is 19.9. The highest BCUT2D eigenvalue weighted by molar-refractivity contribution is 7.99. The predicted octanol–water partition coefficient (Wildman–Crippen LogP) is 5.10. The van der Waals surface area contributed by atoms with Gasteiger partial charge >= 0.3 is 0 Å². The number of likely N-dealkylation sites (N-methyl/N-ethyl adjacent to an activating group) is 1. The third kappa shape index (κ3) is 7.07. The molecule has 1 N–H and O–H groups in total. The molecule has 3 aromatic rings. The molecule has 3 aromatic carbocycles. The van der Waals surface area contributed by atoms with Crippen molar-refractivity contribution in [1.29, 1.82) is 0 Å². The van der Waals surface area contributed by atoms with Gasteiger partial charge in [0.15, 0.2) is 0 Å². The Balaban J connectivity index is 1.83. The summed E-state index contributed by atoms with van der Waals surface area (Å²) in [5.41, 5.74) is 2.25. The fraction of sp³-hybridized carbons (Fsp3) is 0.231. The molecule has 0 saturated heterocycles. The first-order chi connectivity index (χ1) is 16.0. The van der Waals surface area contributed by atoms with Crippen LogP contribution in [-0.4, -0.2) is 35.6 Å². The number of amides is 2. The first-order valence-electron chi connectivity index (χ1n) is 10.6. The Labute approximate surface area is 203 Å². The quantitative estimate of drug-likeness (QED) is 0.435. The minimum absolute atomic E-state index is 0.112. The molecular weight excluding hydrogens is 459 g/mol. The van der Waals surface area contributed by atoms with Gasteiger partial charge in [-0.15, -0.1) is 11.8 Å². The van der Waals surface area contributed by atoms with E-state index in [1.54, 1.807) is 36.2 Å². The molecule has 172 valence electrons. The molecular formula is C26H26ClFN2O2S. The Morgan fingerprint density at radius 2 is 1.61 bits per heavy atom. The van der Waals surface area contributed by atoms with Gasteiger partial charge in [0.25, 0.3) is 0 Å². The normalized spacial score (nSPS) is 11.6. The molecule has 0 aromatic heterocycles. The minimum Gasteiger partial charge on any atom is -0.357 e. The van der Waals surface area contributed by atoms with E-state index in [0.29, 0.717) is 22.8 Å². The van der Waals surface area contributed by atoms with Crippen LogP contribution in [-0.2, 0) is 28.3 Å². The molecule has 1 atom stereocenters. The average molecular weight is 485 g/mol. The van der Waals surface area contributed by atoms with Crippen LogP contribution in [0.15, 0.2) is 78.9 Å². The first kappa shape index (κ1) is 24.8. The number of benzene rings is 3. The maximum atomic E-state index is 14.0. The van der Waals surface area contributed by atoms with Gasteiger partial charge in [-0.05, 0) is 28.8 Å². The van der Waals surface area contributed by atoms with Crippen molar-refractivity contribution < 1.29 is 14.0 Å². The molecule has 0 bridgehead atoms. The van der Waals surface area contributed by atoms with Gasteiger partial charge in [-0.1, -0.05) is 78.3 Å². The Morgan fingerprint density at radius 3 is 2.27 bits per heavy atom. The van der Waals surface area contributed by atoms with Gasteiger partial charge in [0.1, 0.15) is 11.9 Å². The van der Waals surface area contributed by atoms with Gasteiger partial charge in [-0.3, -0.25) is 9.59 Å². The number of nitrogens with one attached hydrogen (secondary N) is 1. The Kier molecular flexibility index (Phi) is 9.34. The van der Waals surface area contributed by atoms with E-state index in [1.807, 2.05) is 48.5 Å². The second kappa shape index (κ2) is 12.4. The Hall–Kier alpha value is -2.83. The van der Waals surface area contributed by atoms with Crippen molar-refractivity contribution in [3.8, 4) is 0 Å². The zero-order valence-electron chi connectivity index (χ0n) is 18.3. The summed E-state index contributed by atoms with van der Waals surface area (Å²) in [5.74, 6) is -0.278. The summed E-state index contributed by atoms with van der Waals surface area (Å²) in [6.07, 6.45) is 0.370. The number of rotatable bonds is 10. The lowest BCUT2D eigenvalue weighted by Crippen LogP contribution is -2.50. The van der Waals surface area contributed by atoms with Crippen LogP contribution in [0, 0.1) is 5.82 Å². The Morgan fingerprint density at radius 1 is 0.970 bits per heavy atom. The van der Waals surface area contributed by atoms with Crippen molar-refractivity contribution in [3.63, 3.8) is 0 Å². The summed E-state index contributed by atoms with van der Waals surface area (Å²) in [6.45, 7) is 0.198. The predicted molar refractivity (Wildman–Crippen MR) is 133 cm³/mol. The maximum absolute atomic E-state index is 14.0. The van der Waals surface area contributed by atoms with Gasteiger partial charge < -0.3 is 10.2 Å². The van der Waals surface area contributed by atoms with E-state index in [1.165, 1.54) is 17.8 Å². The van der Waals surface area contributed by atoms with Crippen LogP contribution in [0.5, 0.6) is 0 Å². The van der Waals surface area contributed by atoms with E-state index in [2.05, 4.69) is 5.32 Å². The molecule has 0 saturated carbocycles. The lowest BCUT2D eigenvalue weighted by Gasteiger charge is -2.31. The molecule has 0 aliphatic carbocycles. The number of nitrogens with zero attached hydrogens (tertiary/aromatic N) is 1. The van der Waals surface area contributed by atoms with Crippen LogP contribution in [0.1, 0.15) is 16.7 Å². The van der Waals surface area contributed by atoms with Crippen molar-refractivity contribution in [2.45, 2.75) is 24.8 Å². The first-order valence-corrected chi connectivity index (χ1v) is 12.1. The SMILES string of the molecule is CNC(=O)[C@@H](Cc1ccccc1)N(Cc1ccccc1Cl)C(=O)CSCc1ccccc1F. The largest absolute Gasteiger partial charge is 0.357 e. The van der Waals surface area contributed by atoms with E-state index < -0.39 is 6.04 Å². The van der Waals surface area contributed by atoms with E-state index in [4.69, 9.17) is 11.6 Å². The second-order valence-electron chi connectivity index (χ2n) is 7.52. The zero-order chi connectivity index (χ0) is 23.6. The van der Waals surface area contributed by atoms with E-state index in [9.17, 15) is 14.0 Å². The number of hydrogen-bond donors (Lipinski definition) is 1. The summed E-state index contributed by atoms with van der Waals surface area (Å²) >= 11 is 7.69. The molecule has 33 heavy (non-hydrogen) atoms. The van der Waals surface area contributed by atoms with Gasteiger partial charge in [0.2, 0.25) is 11.8 Å². The number of carbonyl (C=O) groups is 2. The summed E-state index contributed by atoms with van der Waals surface area (Å²) in [7, 11) is 1.56. The monoisotopic (exact) mass is 484 g/mol. The highest BCUT2D eigenvalue weighted by Gasteiger charge is 2.30. The molecule has 0 fully saturated rings. The molecule has 7 heteroatoms. The summed E-state index contributed by atoms with van der Waals surface area (Å²) in [4.78, 5) is 27.8. The third-order valence-corrected chi connectivity index (χ3v) is 6.59. The second-order valence-corrected chi connectivity index (χ2v) is 8.91. The van der Waals surface area contributed by atoms with Crippen molar-refractivity contribution in [3.05, 3.63) is 106 Å². The fourth-order valence-electron chi connectivity index (χ4n) is 3.48. The van der Waals surface area contributed by atoms with Gasteiger partial charge in [-0.2, -0.15) is 0 Å². The van der Waals surface area contributed by atoms with Crippen molar-refractivity contribution in [2.24, 2.45) is 0 Å². The molecule has 3 rings (SSSR count). The van der Waals surface area contributed by atoms with Crippen LogP contribution in [0.3, 0.4) is 0 Å². The summed E-state index contributed by atoms with van der Waals surface area (Å²) in [5, 5.41) is 3.22. The highest BCUT2D eigenvalue weighted by Crippen LogP contribution is 2.22. The molecule has 0 heterocycles. The molecule has 0 unspecified atom stereocenters. The number of carbonyl (C=O) groups excluding carboxylic acids is 2. The molecule has 0 spiro atoms. The van der Waals surface area contributed by atoms with E-state index >= 15 is 0 Å². The lowest BCUT2D eigenvalue weighted by molar-refractivity contribution is -0.139. The van der Waals surface area contributed by atoms with E-state index in [-0.39, 0.29) is 29.9 Å². The van der Waals surface area contributed by atoms with Gasteiger partial charge in [0, 0.05) is 30.8 Å². The third-order valence-electron chi connectivity index (χ3n) is 5.26. The van der Waals surface area contributed by atoms with Crippen LogP contribution in [0.4, 0.5) is 4.39 Å². The molecule has 0 radical (unpaired) electrons. The van der Waals surface area contributed by atoms with Crippen molar-refractivity contribution in [1.82, 2.24) is 10.2 Å². The molecule has 0 aliphatic heterocycles. The van der Waals surface area contributed by atoms with Crippen molar-refractivity contribution in [2.75, 3.05) is 12.8 Å². The van der Waals surface area contributed by atoms with E-state index in [0.717, 1.165) is 11.1 Å². The van der Waals surface area contributed by atoms with Crippen molar-refractivity contribution >= 4 is 35.2 Å². The number of hydrogen-bond acceptors (Lipinski definition) is 3. The summed E-state index contributed by atoms with van der Waals surface area (Å²) in [6, 6.07) is 22.7. The van der Waals surface area contributed by atoms with Crippen LogP contribution in [0.2, 0.25) is 5.02 Å². The van der Waals surface area contributed by atoms with Crippen LogP contribution < -0.4 is 5.32 Å². The molecule has 0 aliphatic rings. The fourth-order valence-corrected chi connectivity index (χ4v) is 4.57. The standard InChI is InChI=1S/C26H26ClFN2O2S/c1-29-26(32)24(15-19-9-3-2-4-10-19)30(16-20-11-5-7-13-22(20)27)25(31)18-33-17-21-12-6-8-14-23(21)28/h2-14,24H,15-18H2,1H3,(H,29,32)/t24-/m1/s1. The van der Waals surface area contributed by atoms with Crippen LogP contribution >= 0.6 is 23.4 Å². The summed E-state index contributed by atoms with van der Waals surface area (Å²) < 4.78 is 14.0. The minimum atomic E-state index is -0.713. The molecule has 2 amide bonds. The smallest absolute Gasteiger partial charge is 0.242 e. The number of thioether (sulfide) groups is 1. The van der Waals surface area contributed by atoms with Gasteiger partial charge in [-0.25, -0.2) is 4.39 Å². The Bertz CT molecular complexity index is 1080. The lowest BCUT2D eigenvalue weighted by atomic mass is 10.0. The number of halogens is 2. The van der Waals surface area contributed by atoms with Crippen LogP contribution in [0.25, 0.3) is 0 Å². The maximum Gasteiger partial charge on any atom is 0.242 e. The topological polar surface area (TPSA) is 49.4 Å². The molecule has 4 nitrogen and oxygen atoms in total. The van der Waals surface area contributed by atoms with Gasteiger partial charge in [0.05, 0.1) is 5.75 Å².